The third-order valence-corrected chi connectivity index (χ3v) is 2.83. The van der Waals surface area contributed by atoms with Crippen LogP contribution in [0, 0.1) is 5.92 Å². The van der Waals surface area contributed by atoms with Crippen molar-refractivity contribution in [3.05, 3.63) is 0 Å². The predicted molar refractivity (Wildman–Crippen MR) is 57.8 cm³/mol. The van der Waals surface area contributed by atoms with Crippen molar-refractivity contribution in [3.8, 4) is 0 Å². The Kier molecular flexibility index (Phi) is 4.12. The van der Waals surface area contributed by atoms with Crippen LogP contribution in [0.25, 0.3) is 0 Å². The van der Waals surface area contributed by atoms with Crippen molar-refractivity contribution in [2.75, 3.05) is 13.1 Å². The molecule has 0 aromatic carbocycles. The zero-order valence-electron chi connectivity index (χ0n) is 9.82. The molecule has 0 saturated carbocycles. The molecule has 1 aliphatic rings. The van der Waals surface area contributed by atoms with Crippen LogP contribution in [-0.2, 0) is 9.59 Å². The van der Waals surface area contributed by atoms with E-state index >= 15 is 0 Å². The molecule has 86 valence electrons. The second-order valence-corrected chi connectivity index (χ2v) is 4.15. The molecule has 0 radical (unpaired) electrons. The van der Waals surface area contributed by atoms with Gasteiger partial charge in [0.25, 0.3) is 0 Å². The molecule has 1 atom stereocenters. The van der Waals surface area contributed by atoms with Crippen molar-refractivity contribution in [1.29, 1.82) is 0 Å². The van der Waals surface area contributed by atoms with Crippen LogP contribution >= 0.6 is 0 Å². The monoisotopic (exact) mass is 212 g/mol. The van der Waals surface area contributed by atoms with E-state index in [0.717, 1.165) is 19.3 Å². The Balaban J connectivity index is 2.64. The van der Waals surface area contributed by atoms with Crippen molar-refractivity contribution in [2.45, 2.75) is 40.0 Å². The van der Waals surface area contributed by atoms with Crippen LogP contribution in [0.15, 0.2) is 0 Å². The molecule has 0 aliphatic carbocycles. The minimum Gasteiger partial charge on any atom is -0.273 e. The third-order valence-electron chi connectivity index (χ3n) is 2.83. The smallest absolute Gasteiger partial charge is 0.244 e. The van der Waals surface area contributed by atoms with E-state index in [1.165, 1.54) is 6.92 Å². The highest BCUT2D eigenvalue weighted by molar-refractivity contribution is 5.83. The zero-order chi connectivity index (χ0) is 11.4. The fourth-order valence-electron chi connectivity index (χ4n) is 1.80. The summed E-state index contributed by atoms with van der Waals surface area (Å²) in [5, 5.41) is 3.21. The molecule has 0 bridgehead atoms. The van der Waals surface area contributed by atoms with Crippen LogP contribution in [-0.4, -0.2) is 34.9 Å². The molecule has 0 aromatic heterocycles. The third kappa shape index (κ3) is 2.70. The minimum absolute atomic E-state index is 0.0362. The number of carbonyl (C=O) groups excluding carboxylic acids is 2. The van der Waals surface area contributed by atoms with Crippen LogP contribution in [0.4, 0.5) is 0 Å². The van der Waals surface area contributed by atoms with E-state index in [-0.39, 0.29) is 17.7 Å². The van der Waals surface area contributed by atoms with Gasteiger partial charge in [-0.3, -0.25) is 19.6 Å². The van der Waals surface area contributed by atoms with Gasteiger partial charge in [0, 0.05) is 25.9 Å². The van der Waals surface area contributed by atoms with Crippen molar-refractivity contribution in [2.24, 2.45) is 5.92 Å². The molecule has 1 fully saturated rings. The zero-order valence-corrected chi connectivity index (χ0v) is 9.82. The lowest BCUT2D eigenvalue weighted by atomic mass is 10.1. The lowest BCUT2D eigenvalue weighted by Gasteiger charge is -2.30. The van der Waals surface area contributed by atoms with E-state index < -0.39 is 0 Å². The van der Waals surface area contributed by atoms with Crippen LogP contribution in [0.5, 0.6) is 0 Å². The van der Waals surface area contributed by atoms with Crippen molar-refractivity contribution >= 4 is 11.8 Å². The fraction of sp³-hybridized carbons (Fsp3) is 0.818. The number of amides is 2. The molecule has 1 aliphatic heterocycles. The van der Waals surface area contributed by atoms with Gasteiger partial charge < -0.3 is 0 Å². The summed E-state index contributed by atoms with van der Waals surface area (Å²) >= 11 is 0. The number of hydrogen-bond acceptors (Lipinski definition) is 2. The number of rotatable bonds is 4. The van der Waals surface area contributed by atoms with Gasteiger partial charge in [-0.15, -0.1) is 0 Å². The van der Waals surface area contributed by atoms with E-state index in [4.69, 9.17) is 0 Å². The fourth-order valence-corrected chi connectivity index (χ4v) is 1.80. The van der Waals surface area contributed by atoms with Gasteiger partial charge in [0.05, 0.1) is 0 Å². The van der Waals surface area contributed by atoms with E-state index in [9.17, 15) is 9.59 Å². The van der Waals surface area contributed by atoms with Crippen LogP contribution < -0.4 is 0 Å². The van der Waals surface area contributed by atoms with E-state index in [1.807, 2.05) is 6.92 Å². The van der Waals surface area contributed by atoms with Crippen LogP contribution in [0.3, 0.4) is 0 Å². The average Bonchev–Trinajstić information content (AvgIpc) is 2.50. The molecule has 1 rings (SSSR count). The Morgan fingerprint density at radius 3 is 2.67 bits per heavy atom. The number of carbonyl (C=O) groups is 2. The molecule has 1 saturated heterocycles. The standard InChI is InChI=1S/C11H20N2O2/c1-4-5-7-12(10(3)14)13-8-6-9(2)11(13)15/h9H,4-8H2,1-3H3. The Morgan fingerprint density at radius 2 is 2.27 bits per heavy atom. The first kappa shape index (κ1) is 12.0. The van der Waals surface area contributed by atoms with Gasteiger partial charge in [0.2, 0.25) is 11.8 Å². The molecule has 0 N–H and O–H groups in total. The summed E-state index contributed by atoms with van der Waals surface area (Å²) in [5.74, 6) is 0.112. The first-order valence-corrected chi connectivity index (χ1v) is 5.67. The Bertz CT molecular complexity index is 253. The number of unbranched alkanes of at least 4 members (excludes halogenated alkanes) is 1. The largest absolute Gasteiger partial charge is 0.273 e. The van der Waals surface area contributed by atoms with E-state index in [1.54, 1.807) is 10.0 Å². The van der Waals surface area contributed by atoms with Gasteiger partial charge in [-0.05, 0) is 12.8 Å². The van der Waals surface area contributed by atoms with E-state index in [0.29, 0.717) is 13.1 Å². The van der Waals surface area contributed by atoms with Gasteiger partial charge in [0.15, 0.2) is 0 Å². The normalized spacial score (nSPS) is 20.9. The molecule has 0 spiro atoms. The maximum atomic E-state index is 11.7. The lowest BCUT2D eigenvalue weighted by molar-refractivity contribution is -0.159. The first-order chi connectivity index (χ1) is 7.07. The first-order valence-electron chi connectivity index (χ1n) is 5.67. The maximum Gasteiger partial charge on any atom is 0.244 e. The highest BCUT2D eigenvalue weighted by atomic mass is 16.2. The Hall–Kier alpha value is -1.06. The predicted octanol–water partition coefficient (Wildman–Crippen LogP) is 1.42. The number of hydrazine groups is 1. The highest BCUT2D eigenvalue weighted by Crippen LogP contribution is 2.19. The van der Waals surface area contributed by atoms with Crippen molar-refractivity contribution in [1.82, 2.24) is 10.0 Å². The van der Waals surface area contributed by atoms with Gasteiger partial charge in [-0.25, -0.2) is 0 Å². The van der Waals surface area contributed by atoms with Gasteiger partial charge in [-0.2, -0.15) is 0 Å². The Labute approximate surface area is 91.2 Å². The van der Waals surface area contributed by atoms with Gasteiger partial charge in [-0.1, -0.05) is 20.3 Å². The second kappa shape index (κ2) is 5.14. The summed E-state index contributed by atoms with van der Waals surface area (Å²) in [6.07, 6.45) is 2.83. The minimum atomic E-state index is -0.0362. The topological polar surface area (TPSA) is 40.6 Å². The molecule has 0 aromatic rings. The summed E-state index contributed by atoms with van der Waals surface area (Å²) in [6.45, 7) is 6.85. The van der Waals surface area contributed by atoms with Crippen molar-refractivity contribution < 1.29 is 9.59 Å². The summed E-state index contributed by atoms with van der Waals surface area (Å²) in [7, 11) is 0. The van der Waals surface area contributed by atoms with Crippen molar-refractivity contribution in [3.63, 3.8) is 0 Å². The highest BCUT2D eigenvalue weighted by Gasteiger charge is 2.33. The SMILES string of the molecule is CCCCN(C(C)=O)N1CCC(C)C1=O. The van der Waals surface area contributed by atoms with Gasteiger partial charge >= 0.3 is 0 Å². The molecular weight excluding hydrogens is 192 g/mol. The maximum absolute atomic E-state index is 11.7. The van der Waals surface area contributed by atoms with Crippen LogP contribution in [0.1, 0.15) is 40.0 Å². The quantitative estimate of drug-likeness (QED) is 0.707. The average molecular weight is 212 g/mol. The number of nitrogens with zero attached hydrogens (tertiary/aromatic N) is 2. The molecule has 1 heterocycles. The summed E-state index contributed by atoms with van der Waals surface area (Å²) in [5.41, 5.74) is 0. The van der Waals surface area contributed by atoms with Crippen LogP contribution in [0.2, 0.25) is 0 Å². The lowest BCUT2D eigenvalue weighted by Crippen LogP contribution is -2.47. The molecule has 15 heavy (non-hydrogen) atoms. The molecule has 1 unspecified atom stereocenters. The summed E-state index contributed by atoms with van der Waals surface area (Å²) in [6, 6.07) is 0. The molecule has 2 amide bonds. The Morgan fingerprint density at radius 1 is 1.60 bits per heavy atom. The molecular formula is C11H20N2O2. The summed E-state index contributed by atoms with van der Waals surface area (Å²) in [4.78, 5) is 23.2. The molecule has 4 nitrogen and oxygen atoms in total. The number of hydrogen-bond donors (Lipinski definition) is 0. The molecule has 4 heteroatoms. The van der Waals surface area contributed by atoms with Gasteiger partial charge in [0.1, 0.15) is 0 Å². The second-order valence-electron chi connectivity index (χ2n) is 4.15. The van der Waals surface area contributed by atoms with E-state index in [2.05, 4.69) is 6.92 Å². The summed E-state index contributed by atoms with van der Waals surface area (Å²) < 4.78 is 0.